The first-order chi connectivity index (χ1) is 15.5. The van der Waals surface area contributed by atoms with E-state index in [-0.39, 0.29) is 11.4 Å². The Labute approximate surface area is 184 Å². The van der Waals surface area contributed by atoms with Gasteiger partial charge in [-0.15, -0.1) is 0 Å². The first kappa shape index (κ1) is 19.0. The zero-order chi connectivity index (χ0) is 21.9. The number of carbonyl (C=O) groups is 1. The van der Waals surface area contributed by atoms with Crippen LogP contribution in [0.15, 0.2) is 42.9 Å². The summed E-state index contributed by atoms with van der Waals surface area (Å²) in [5.74, 6) is 1.79. The van der Waals surface area contributed by atoms with Gasteiger partial charge in [0.1, 0.15) is 12.1 Å². The normalized spacial score (nSPS) is 16.2. The molecule has 1 aromatic carbocycles. The van der Waals surface area contributed by atoms with E-state index in [2.05, 4.69) is 32.6 Å². The second-order valence-electron chi connectivity index (χ2n) is 8.75. The number of rotatable bonds is 4. The molecule has 9 heteroatoms. The van der Waals surface area contributed by atoms with Crippen molar-refractivity contribution in [2.45, 2.75) is 38.3 Å². The first-order valence-electron chi connectivity index (χ1n) is 10.7. The highest BCUT2D eigenvalue weighted by Gasteiger charge is 2.41. The largest absolute Gasteiger partial charge is 0.439 e. The predicted octanol–water partition coefficient (Wildman–Crippen LogP) is 3.69. The van der Waals surface area contributed by atoms with Crippen molar-refractivity contribution in [1.82, 2.24) is 29.6 Å². The molecule has 4 heterocycles. The first-order valence-corrected chi connectivity index (χ1v) is 10.7. The molecule has 0 atom stereocenters. The Morgan fingerprint density at radius 3 is 2.91 bits per heavy atom. The number of benzene rings is 1. The van der Waals surface area contributed by atoms with Crippen LogP contribution in [-0.4, -0.2) is 30.3 Å². The number of nitrogens with zero attached hydrogens (tertiary/aromatic N) is 5. The third-order valence-corrected chi connectivity index (χ3v) is 6.42. The molecule has 32 heavy (non-hydrogen) atoms. The van der Waals surface area contributed by atoms with Gasteiger partial charge in [0.2, 0.25) is 5.88 Å². The highest BCUT2D eigenvalue weighted by atomic mass is 16.5. The average Bonchev–Trinajstić information content (AvgIpc) is 3.16. The molecule has 2 aliphatic rings. The quantitative estimate of drug-likeness (QED) is 0.513. The van der Waals surface area contributed by atoms with Crippen LogP contribution in [-0.2, 0) is 25.6 Å². The van der Waals surface area contributed by atoms with Crippen molar-refractivity contribution >= 4 is 22.8 Å². The van der Waals surface area contributed by atoms with Gasteiger partial charge in [-0.3, -0.25) is 14.6 Å². The van der Waals surface area contributed by atoms with Gasteiger partial charge in [-0.25, -0.2) is 14.8 Å². The maximum atomic E-state index is 12.9. The Bertz CT molecular complexity index is 1370. The summed E-state index contributed by atoms with van der Waals surface area (Å²) in [7, 11) is 1.92. The summed E-state index contributed by atoms with van der Waals surface area (Å²) >= 11 is 0. The van der Waals surface area contributed by atoms with Crippen LogP contribution in [0.4, 0.5) is 10.6 Å². The van der Waals surface area contributed by atoms with Gasteiger partial charge in [-0.1, -0.05) is 6.92 Å². The SMILES string of the molecule is Cn1nc(NC(=O)n2ccc3cc(Oc4ncnc5c4CNC5)ccc32)cc1C1(C)CC1. The molecule has 1 aliphatic heterocycles. The Hall–Kier alpha value is -3.72. The monoisotopic (exact) mass is 429 g/mol. The van der Waals surface area contributed by atoms with Crippen LogP contribution >= 0.6 is 0 Å². The molecule has 0 unspecified atom stereocenters. The van der Waals surface area contributed by atoms with E-state index in [1.165, 1.54) is 6.33 Å². The van der Waals surface area contributed by atoms with Crippen molar-refractivity contribution in [3.05, 3.63) is 59.8 Å². The van der Waals surface area contributed by atoms with E-state index in [4.69, 9.17) is 4.74 Å². The summed E-state index contributed by atoms with van der Waals surface area (Å²) in [5.41, 5.74) is 4.07. The highest BCUT2D eigenvalue weighted by molar-refractivity contribution is 5.98. The van der Waals surface area contributed by atoms with E-state index < -0.39 is 0 Å². The molecule has 9 nitrogen and oxygen atoms in total. The number of hydrogen-bond donors (Lipinski definition) is 2. The second kappa shape index (κ2) is 6.89. The second-order valence-corrected chi connectivity index (χ2v) is 8.75. The minimum absolute atomic E-state index is 0.182. The lowest BCUT2D eigenvalue weighted by molar-refractivity contribution is 0.254. The Morgan fingerprint density at radius 2 is 2.06 bits per heavy atom. The third-order valence-electron chi connectivity index (χ3n) is 6.42. The maximum absolute atomic E-state index is 12.9. The summed E-state index contributed by atoms with van der Waals surface area (Å²) in [6, 6.07) is 9.23. The van der Waals surface area contributed by atoms with Crippen LogP contribution < -0.4 is 15.4 Å². The fourth-order valence-electron chi connectivity index (χ4n) is 4.33. The van der Waals surface area contributed by atoms with Crippen molar-refractivity contribution < 1.29 is 9.53 Å². The van der Waals surface area contributed by atoms with E-state index in [0.29, 0.717) is 24.0 Å². The van der Waals surface area contributed by atoms with E-state index >= 15 is 0 Å². The van der Waals surface area contributed by atoms with Gasteiger partial charge in [0.15, 0.2) is 5.82 Å². The minimum Gasteiger partial charge on any atom is -0.439 e. The lowest BCUT2D eigenvalue weighted by atomic mass is 10.1. The molecule has 0 radical (unpaired) electrons. The molecule has 0 bridgehead atoms. The fourth-order valence-corrected chi connectivity index (χ4v) is 4.33. The summed E-state index contributed by atoms with van der Waals surface area (Å²) < 4.78 is 9.48. The highest BCUT2D eigenvalue weighted by Crippen LogP contribution is 2.47. The maximum Gasteiger partial charge on any atom is 0.331 e. The van der Waals surface area contributed by atoms with Crippen molar-refractivity contribution in [3.8, 4) is 11.6 Å². The van der Waals surface area contributed by atoms with Gasteiger partial charge in [0.05, 0.1) is 16.8 Å². The number of amides is 1. The molecule has 1 aliphatic carbocycles. The number of carbonyl (C=O) groups excluding carboxylic acids is 1. The zero-order valence-corrected chi connectivity index (χ0v) is 17.9. The van der Waals surface area contributed by atoms with Crippen LogP contribution in [0.2, 0.25) is 0 Å². The van der Waals surface area contributed by atoms with Crippen molar-refractivity contribution in [1.29, 1.82) is 0 Å². The van der Waals surface area contributed by atoms with Crippen molar-refractivity contribution in [2.75, 3.05) is 5.32 Å². The van der Waals surface area contributed by atoms with Gasteiger partial charge in [0.25, 0.3) is 0 Å². The summed E-state index contributed by atoms with van der Waals surface area (Å²) in [5, 5.41) is 11.5. The van der Waals surface area contributed by atoms with Gasteiger partial charge >= 0.3 is 6.03 Å². The molecule has 6 rings (SSSR count). The minimum atomic E-state index is -0.251. The van der Waals surface area contributed by atoms with Crippen molar-refractivity contribution in [2.24, 2.45) is 7.05 Å². The van der Waals surface area contributed by atoms with Crippen LogP contribution in [0.1, 0.15) is 36.7 Å². The number of aryl methyl sites for hydroxylation is 1. The van der Waals surface area contributed by atoms with Crippen molar-refractivity contribution in [3.63, 3.8) is 0 Å². The molecule has 0 saturated heterocycles. The number of fused-ring (bicyclic) bond motifs is 2. The lowest BCUT2D eigenvalue weighted by Gasteiger charge is -2.09. The van der Waals surface area contributed by atoms with E-state index in [9.17, 15) is 4.79 Å². The zero-order valence-electron chi connectivity index (χ0n) is 17.9. The number of nitrogens with one attached hydrogen (secondary N) is 2. The molecule has 3 aromatic heterocycles. The average molecular weight is 429 g/mol. The summed E-state index contributed by atoms with van der Waals surface area (Å²) in [6.45, 7) is 3.64. The molecule has 1 amide bonds. The third kappa shape index (κ3) is 3.13. The molecule has 1 fully saturated rings. The van der Waals surface area contributed by atoms with E-state index in [1.54, 1.807) is 10.8 Å². The Balaban J connectivity index is 1.23. The number of ether oxygens (including phenoxy) is 1. The standard InChI is InChI=1S/C23H23N7O2/c1-23(6-7-23)19-10-20(28-29(19)2)27-22(31)30-8-5-14-9-15(3-4-18(14)30)32-21-16-11-24-12-17(16)25-13-26-21/h3-5,8-10,13,24H,6-7,11-12H2,1-2H3,(H,27,28,31). The summed E-state index contributed by atoms with van der Waals surface area (Å²) in [4.78, 5) is 21.5. The number of anilines is 1. The predicted molar refractivity (Wildman–Crippen MR) is 119 cm³/mol. The molecule has 2 N–H and O–H groups in total. The lowest BCUT2D eigenvalue weighted by Crippen LogP contribution is -2.18. The van der Waals surface area contributed by atoms with Gasteiger partial charge in [-0.05, 0) is 37.1 Å². The number of aromatic nitrogens is 5. The van der Waals surface area contributed by atoms with Crippen LogP contribution in [0, 0.1) is 0 Å². The fraction of sp³-hybridized carbons (Fsp3) is 0.304. The molecule has 4 aromatic rings. The molecule has 1 saturated carbocycles. The van der Waals surface area contributed by atoms with Crippen LogP contribution in [0.3, 0.4) is 0 Å². The van der Waals surface area contributed by atoms with Gasteiger partial charge < -0.3 is 10.1 Å². The molecular weight excluding hydrogens is 406 g/mol. The van der Waals surface area contributed by atoms with Crippen LogP contribution in [0.5, 0.6) is 11.6 Å². The smallest absolute Gasteiger partial charge is 0.331 e. The van der Waals surface area contributed by atoms with Gasteiger partial charge in [0, 0.05) is 48.9 Å². The summed E-state index contributed by atoms with van der Waals surface area (Å²) in [6.07, 6.45) is 5.58. The van der Waals surface area contributed by atoms with Crippen LogP contribution in [0.25, 0.3) is 10.9 Å². The van der Waals surface area contributed by atoms with E-state index in [1.807, 2.05) is 42.1 Å². The molecule has 162 valence electrons. The molecule has 0 spiro atoms. The van der Waals surface area contributed by atoms with Gasteiger partial charge in [-0.2, -0.15) is 5.10 Å². The Kier molecular flexibility index (Phi) is 4.09. The molecular formula is C23H23N7O2. The topological polar surface area (TPSA) is 98.9 Å². The Morgan fingerprint density at radius 1 is 1.19 bits per heavy atom. The van der Waals surface area contributed by atoms with E-state index in [0.717, 1.165) is 47.2 Å². The number of hydrogen-bond acceptors (Lipinski definition) is 6.